The van der Waals surface area contributed by atoms with Crippen molar-refractivity contribution in [3.63, 3.8) is 0 Å². The molecule has 27 heavy (non-hydrogen) atoms. The van der Waals surface area contributed by atoms with E-state index in [0.29, 0.717) is 23.7 Å². The molecule has 0 saturated heterocycles. The van der Waals surface area contributed by atoms with Gasteiger partial charge in [0.1, 0.15) is 5.75 Å². The van der Waals surface area contributed by atoms with E-state index in [-0.39, 0.29) is 11.7 Å². The lowest BCUT2D eigenvalue weighted by Gasteiger charge is -2.13. The van der Waals surface area contributed by atoms with Gasteiger partial charge in [-0.05, 0) is 67.3 Å². The van der Waals surface area contributed by atoms with Crippen LogP contribution in [0.2, 0.25) is 0 Å². The van der Waals surface area contributed by atoms with Gasteiger partial charge in [-0.25, -0.2) is 0 Å². The van der Waals surface area contributed by atoms with Gasteiger partial charge < -0.3 is 15.4 Å². The SMILES string of the molecule is Cc1cc(C(=O)NCCC(C)C)ccc1Nc1ccc(OC(F)(F)F)cc1. The van der Waals surface area contributed by atoms with Gasteiger partial charge >= 0.3 is 6.36 Å². The molecule has 0 aliphatic heterocycles. The molecule has 0 bridgehead atoms. The quantitative estimate of drug-likeness (QED) is 0.675. The number of halogens is 3. The third-order valence-electron chi connectivity index (χ3n) is 3.86. The molecule has 0 atom stereocenters. The molecule has 2 aromatic rings. The lowest BCUT2D eigenvalue weighted by Crippen LogP contribution is -2.25. The second kappa shape index (κ2) is 8.79. The molecule has 4 nitrogen and oxygen atoms in total. The Morgan fingerprint density at radius 3 is 2.33 bits per heavy atom. The molecule has 0 spiro atoms. The van der Waals surface area contributed by atoms with Crippen molar-refractivity contribution < 1.29 is 22.7 Å². The van der Waals surface area contributed by atoms with Crippen LogP contribution in [0, 0.1) is 12.8 Å². The van der Waals surface area contributed by atoms with Crippen molar-refractivity contribution in [3.8, 4) is 5.75 Å². The minimum Gasteiger partial charge on any atom is -0.406 e. The van der Waals surface area contributed by atoms with E-state index in [2.05, 4.69) is 29.2 Å². The zero-order chi connectivity index (χ0) is 20.0. The van der Waals surface area contributed by atoms with Crippen molar-refractivity contribution in [2.75, 3.05) is 11.9 Å². The first-order valence-electron chi connectivity index (χ1n) is 8.66. The molecule has 7 heteroatoms. The summed E-state index contributed by atoms with van der Waals surface area (Å²) in [7, 11) is 0. The summed E-state index contributed by atoms with van der Waals surface area (Å²) in [4.78, 5) is 12.2. The van der Waals surface area contributed by atoms with Gasteiger partial charge in [0.2, 0.25) is 0 Å². The molecule has 0 fully saturated rings. The van der Waals surface area contributed by atoms with Crippen LogP contribution in [0.15, 0.2) is 42.5 Å². The van der Waals surface area contributed by atoms with Crippen LogP contribution in [0.25, 0.3) is 0 Å². The Kier molecular flexibility index (Phi) is 6.71. The van der Waals surface area contributed by atoms with Crippen LogP contribution in [0.5, 0.6) is 5.75 Å². The predicted molar refractivity (Wildman–Crippen MR) is 99.4 cm³/mol. The number of ether oxygens (including phenoxy) is 1. The van der Waals surface area contributed by atoms with E-state index in [1.807, 2.05) is 6.92 Å². The van der Waals surface area contributed by atoms with Crippen LogP contribution in [-0.2, 0) is 0 Å². The smallest absolute Gasteiger partial charge is 0.406 e. The van der Waals surface area contributed by atoms with E-state index in [1.54, 1.807) is 18.2 Å². The summed E-state index contributed by atoms with van der Waals surface area (Å²) in [5, 5.41) is 6.00. The Bertz CT molecular complexity index is 772. The van der Waals surface area contributed by atoms with Gasteiger partial charge in [0, 0.05) is 23.5 Å². The maximum absolute atomic E-state index is 12.2. The summed E-state index contributed by atoms with van der Waals surface area (Å²) in [6, 6.07) is 10.7. The van der Waals surface area contributed by atoms with Gasteiger partial charge in [-0.1, -0.05) is 13.8 Å². The maximum atomic E-state index is 12.2. The van der Waals surface area contributed by atoms with Crippen molar-refractivity contribution in [2.24, 2.45) is 5.92 Å². The van der Waals surface area contributed by atoms with Crippen LogP contribution < -0.4 is 15.4 Å². The number of alkyl halides is 3. The van der Waals surface area contributed by atoms with E-state index in [4.69, 9.17) is 0 Å². The molecular weight excluding hydrogens is 357 g/mol. The number of aryl methyl sites for hydroxylation is 1. The molecule has 0 radical (unpaired) electrons. The monoisotopic (exact) mass is 380 g/mol. The Morgan fingerprint density at radius 2 is 1.78 bits per heavy atom. The zero-order valence-electron chi connectivity index (χ0n) is 15.5. The Morgan fingerprint density at radius 1 is 1.11 bits per heavy atom. The average Bonchev–Trinajstić information content (AvgIpc) is 2.56. The van der Waals surface area contributed by atoms with Crippen LogP contribution in [0.4, 0.5) is 24.5 Å². The summed E-state index contributed by atoms with van der Waals surface area (Å²) in [6.45, 7) is 6.67. The second-order valence-corrected chi connectivity index (χ2v) is 6.67. The molecule has 0 heterocycles. The lowest BCUT2D eigenvalue weighted by atomic mass is 10.1. The van der Waals surface area contributed by atoms with Gasteiger partial charge in [-0.15, -0.1) is 13.2 Å². The van der Waals surface area contributed by atoms with Crippen LogP contribution in [-0.4, -0.2) is 18.8 Å². The zero-order valence-corrected chi connectivity index (χ0v) is 15.5. The van der Waals surface area contributed by atoms with E-state index in [1.165, 1.54) is 24.3 Å². The van der Waals surface area contributed by atoms with E-state index < -0.39 is 6.36 Å². The number of hydrogen-bond donors (Lipinski definition) is 2. The average molecular weight is 380 g/mol. The molecule has 0 unspecified atom stereocenters. The van der Waals surface area contributed by atoms with Crippen molar-refractivity contribution in [2.45, 2.75) is 33.6 Å². The molecule has 2 aromatic carbocycles. The molecule has 1 amide bonds. The Labute approximate surface area is 156 Å². The molecule has 0 aliphatic rings. The number of anilines is 2. The summed E-state index contributed by atoms with van der Waals surface area (Å²) >= 11 is 0. The van der Waals surface area contributed by atoms with Gasteiger partial charge in [0.25, 0.3) is 5.91 Å². The van der Waals surface area contributed by atoms with Gasteiger partial charge in [0.05, 0.1) is 0 Å². The van der Waals surface area contributed by atoms with Crippen LogP contribution >= 0.6 is 0 Å². The first kappa shape index (κ1) is 20.6. The highest BCUT2D eigenvalue weighted by molar-refractivity contribution is 5.95. The van der Waals surface area contributed by atoms with Crippen molar-refractivity contribution >= 4 is 17.3 Å². The van der Waals surface area contributed by atoms with Crippen molar-refractivity contribution in [3.05, 3.63) is 53.6 Å². The third-order valence-corrected chi connectivity index (χ3v) is 3.86. The number of rotatable bonds is 7. The van der Waals surface area contributed by atoms with E-state index in [0.717, 1.165) is 17.7 Å². The predicted octanol–water partition coefficient (Wildman–Crippen LogP) is 5.41. The highest BCUT2D eigenvalue weighted by atomic mass is 19.4. The summed E-state index contributed by atoms with van der Waals surface area (Å²) in [5.74, 6) is 0.115. The number of hydrogen-bond acceptors (Lipinski definition) is 3. The first-order valence-corrected chi connectivity index (χ1v) is 8.66. The van der Waals surface area contributed by atoms with E-state index in [9.17, 15) is 18.0 Å². The minimum absolute atomic E-state index is 0.126. The fraction of sp³-hybridized carbons (Fsp3) is 0.350. The van der Waals surface area contributed by atoms with Crippen LogP contribution in [0.3, 0.4) is 0 Å². The molecule has 2 rings (SSSR count). The topological polar surface area (TPSA) is 50.4 Å². The second-order valence-electron chi connectivity index (χ2n) is 6.67. The number of benzene rings is 2. The van der Waals surface area contributed by atoms with Crippen molar-refractivity contribution in [1.82, 2.24) is 5.32 Å². The van der Waals surface area contributed by atoms with Gasteiger partial charge in [0.15, 0.2) is 0 Å². The number of carbonyl (C=O) groups is 1. The maximum Gasteiger partial charge on any atom is 0.573 e. The number of carbonyl (C=O) groups excluding carboxylic acids is 1. The molecular formula is C20H23F3N2O2. The minimum atomic E-state index is -4.71. The Balaban J connectivity index is 2.00. The van der Waals surface area contributed by atoms with Crippen LogP contribution in [0.1, 0.15) is 36.2 Å². The fourth-order valence-electron chi connectivity index (χ4n) is 2.42. The molecule has 0 saturated carbocycles. The summed E-state index contributed by atoms with van der Waals surface area (Å²) < 4.78 is 40.4. The molecule has 146 valence electrons. The van der Waals surface area contributed by atoms with Gasteiger partial charge in [-0.2, -0.15) is 0 Å². The molecule has 0 aromatic heterocycles. The molecule has 2 N–H and O–H groups in total. The lowest BCUT2D eigenvalue weighted by molar-refractivity contribution is -0.274. The largest absolute Gasteiger partial charge is 0.573 e. The highest BCUT2D eigenvalue weighted by Gasteiger charge is 2.30. The summed E-state index contributed by atoms with van der Waals surface area (Å²) in [5.41, 5.74) is 2.79. The van der Waals surface area contributed by atoms with E-state index >= 15 is 0 Å². The first-order chi connectivity index (χ1) is 12.6. The summed E-state index contributed by atoms with van der Waals surface area (Å²) in [6.07, 6.45) is -3.80. The highest BCUT2D eigenvalue weighted by Crippen LogP contribution is 2.26. The molecule has 0 aliphatic carbocycles. The van der Waals surface area contributed by atoms with Gasteiger partial charge in [-0.3, -0.25) is 4.79 Å². The number of amides is 1. The third kappa shape index (κ3) is 6.84. The fourth-order valence-corrected chi connectivity index (χ4v) is 2.42. The Hall–Kier alpha value is -2.70. The number of nitrogens with one attached hydrogen (secondary N) is 2. The van der Waals surface area contributed by atoms with Crippen molar-refractivity contribution in [1.29, 1.82) is 0 Å². The standard InChI is InChI=1S/C20H23F3N2O2/c1-13(2)10-11-24-19(26)15-4-9-18(14(3)12-15)25-16-5-7-17(8-6-16)27-20(21,22)23/h4-9,12-13,25H,10-11H2,1-3H3,(H,24,26). The normalized spacial score (nSPS) is 11.4.